The number of morpholine rings is 1. The quantitative estimate of drug-likeness (QED) is 0.707. The summed E-state index contributed by atoms with van der Waals surface area (Å²) in [4.78, 5) is 2.51. The van der Waals surface area contributed by atoms with E-state index < -0.39 is 0 Å². The molecule has 1 saturated heterocycles. The first-order valence-corrected chi connectivity index (χ1v) is 7.92. The zero-order chi connectivity index (χ0) is 14.2. The molecule has 2 unspecified atom stereocenters. The summed E-state index contributed by atoms with van der Waals surface area (Å²) in [6, 6.07) is 0.286. The van der Waals surface area contributed by atoms with Crippen LogP contribution < -0.4 is 0 Å². The Kier molecular flexibility index (Phi) is 3.10. The Morgan fingerprint density at radius 3 is 2.95 bits per heavy atom. The lowest BCUT2D eigenvalue weighted by Gasteiger charge is -2.46. The minimum atomic E-state index is 0.127. The van der Waals surface area contributed by atoms with Crippen molar-refractivity contribution in [3.05, 3.63) is 71.3 Å². The molecule has 0 amide bonds. The molecule has 21 heavy (non-hydrogen) atoms. The Balaban J connectivity index is 1.79. The van der Waals surface area contributed by atoms with Crippen LogP contribution in [0.3, 0.4) is 0 Å². The van der Waals surface area contributed by atoms with Gasteiger partial charge in [0, 0.05) is 5.70 Å². The van der Waals surface area contributed by atoms with Crippen molar-refractivity contribution in [2.24, 2.45) is 0 Å². The maximum absolute atomic E-state index is 6.24. The van der Waals surface area contributed by atoms with Crippen LogP contribution in [0.5, 0.6) is 0 Å². The number of fused-ring (bicyclic) bond motifs is 2. The van der Waals surface area contributed by atoms with Gasteiger partial charge in [-0.05, 0) is 50.8 Å². The SMILES string of the molecule is CC1=CC2C(C=C1)OC1=CCCC=C1N2C1=CC=CCC1. The summed E-state index contributed by atoms with van der Waals surface area (Å²) in [6.45, 7) is 2.17. The van der Waals surface area contributed by atoms with E-state index >= 15 is 0 Å². The van der Waals surface area contributed by atoms with Gasteiger partial charge in [-0.15, -0.1) is 0 Å². The first-order chi connectivity index (χ1) is 10.3. The van der Waals surface area contributed by atoms with Gasteiger partial charge in [0.05, 0.1) is 11.7 Å². The molecule has 108 valence electrons. The van der Waals surface area contributed by atoms with Gasteiger partial charge in [-0.3, -0.25) is 0 Å². The number of hydrogen-bond donors (Lipinski definition) is 0. The molecule has 0 spiro atoms. The first-order valence-electron chi connectivity index (χ1n) is 7.92. The molecule has 0 N–H and O–H groups in total. The van der Waals surface area contributed by atoms with Crippen LogP contribution in [-0.4, -0.2) is 17.0 Å². The smallest absolute Gasteiger partial charge is 0.141 e. The van der Waals surface area contributed by atoms with Crippen molar-refractivity contribution in [1.29, 1.82) is 0 Å². The Labute approximate surface area is 126 Å². The van der Waals surface area contributed by atoms with Gasteiger partial charge in [-0.1, -0.05) is 36.0 Å². The summed E-state index contributed by atoms with van der Waals surface area (Å²) in [6.07, 6.45) is 22.6. The van der Waals surface area contributed by atoms with Crippen molar-refractivity contribution in [2.75, 3.05) is 0 Å². The van der Waals surface area contributed by atoms with Gasteiger partial charge in [0.2, 0.25) is 0 Å². The standard InChI is InChI=1S/C19H21NO/c1-14-11-12-19-17(13-14)20(15-7-3-2-4-8-15)16-9-5-6-10-18(16)21-19/h2-3,7,9-13,17,19H,4-6,8H2,1H3. The van der Waals surface area contributed by atoms with Crippen LogP contribution in [0.15, 0.2) is 71.3 Å². The third-order valence-corrected chi connectivity index (χ3v) is 4.53. The molecular formula is C19H21NO. The maximum Gasteiger partial charge on any atom is 0.141 e. The summed E-state index contributed by atoms with van der Waals surface area (Å²) in [5.41, 5.74) is 4.00. The van der Waals surface area contributed by atoms with Crippen molar-refractivity contribution in [2.45, 2.75) is 44.8 Å². The molecule has 2 heteroatoms. The molecule has 4 rings (SSSR count). The molecule has 1 aliphatic heterocycles. The summed E-state index contributed by atoms with van der Waals surface area (Å²) < 4.78 is 6.24. The largest absolute Gasteiger partial charge is 0.482 e. The van der Waals surface area contributed by atoms with Crippen molar-refractivity contribution >= 4 is 0 Å². The summed E-state index contributed by atoms with van der Waals surface area (Å²) in [5.74, 6) is 1.07. The fourth-order valence-electron chi connectivity index (χ4n) is 3.52. The maximum atomic E-state index is 6.24. The van der Waals surface area contributed by atoms with Gasteiger partial charge in [0.1, 0.15) is 11.9 Å². The molecule has 0 saturated carbocycles. The Hall–Kier alpha value is -1.96. The van der Waals surface area contributed by atoms with Gasteiger partial charge in [0.15, 0.2) is 0 Å². The molecule has 0 aromatic heterocycles. The Morgan fingerprint density at radius 1 is 1.19 bits per heavy atom. The first kappa shape index (κ1) is 12.8. The van der Waals surface area contributed by atoms with E-state index in [-0.39, 0.29) is 12.1 Å². The van der Waals surface area contributed by atoms with Gasteiger partial charge < -0.3 is 9.64 Å². The van der Waals surface area contributed by atoms with Gasteiger partial charge >= 0.3 is 0 Å². The van der Waals surface area contributed by atoms with E-state index in [2.05, 4.69) is 60.4 Å². The van der Waals surface area contributed by atoms with E-state index in [1.54, 1.807) is 0 Å². The fraction of sp³-hybridized carbons (Fsp3) is 0.368. The average Bonchev–Trinajstić information content (AvgIpc) is 2.53. The molecule has 3 aliphatic carbocycles. The Morgan fingerprint density at radius 2 is 2.10 bits per heavy atom. The van der Waals surface area contributed by atoms with Crippen LogP contribution in [0.2, 0.25) is 0 Å². The number of ether oxygens (including phenoxy) is 1. The fourth-order valence-corrected chi connectivity index (χ4v) is 3.52. The third-order valence-electron chi connectivity index (χ3n) is 4.53. The van der Waals surface area contributed by atoms with Crippen molar-refractivity contribution in [1.82, 2.24) is 4.90 Å². The van der Waals surface area contributed by atoms with Crippen LogP contribution >= 0.6 is 0 Å². The predicted octanol–water partition coefficient (Wildman–Crippen LogP) is 4.37. The Bertz CT molecular complexity index is 630. The molecule has 0 aromatic rings. The summed E-state index contributed by atoms with van der Waals surface area (Å²) in [7, 11) is 0. The number of rotatable bonds is 1. The molecular weight excluding hydrogens is 258 g/mol. The van der Waals surface area contributed by atoms with Crippen molar-refractivity contribution in [3.8, 4) is 0 Å². The van der Waals surface area contributed by atoms with Crippen LogP contribution in [0.25, 0.3) is 0 Å². The zero-order valence-electron chi connectivity index (χ0n) is 12.5. The second kappa shape index (κ2) is 5.10. The van der Waals surface area contributed by atoms with Gasteiger partial charge in [-0.25, -0.2) is 0 Å². The molecule has 1 heterocycles. The monoisotopic (exact) mass is 279 g/mol. The number of nitrogens with zero attached hydrogens (tertiary/aromatic N) is 1. The summed E-state index contributed by atoms with van der Waals surface area (Å²) in [5, 5.41) is 0. The highest BCUT2D eigenvalue weighted by Gasteiger charge is 2.38. The second-order valence-corrected chi connectivity index (χ2v) is 6.07. The topological polar surface area (TPSA) is 12.5 Å². The molecule has 4 aliphatic rings. The molecule has 0 radical (unpaired) electrons. The minimum absolute atomic E-state index is 0.127. The van der Waals surface area contributed by atoms with Crippen molar-refractivity contribution < 1.29 is 4.74 Å². The lowest BCUT2D eigenvalue weighted by atomic mass is 9.93. The lowest BCUT2D eigenvalue weighted by Crippen LogP contribution is -2.48. The molecule has 0 bridgehead atoms. The number of hydrogen-bond acceptors (Lipinski definition) is 2. The zero-order valence-corrected chi connectivity index (χ0v) is 12.5. The van der Waals surface area contributed by atoms with E-state index in [4.69, 9.17) is 4.74 Å². The highest BCUT2D eigenvalue weighted by atomic mass is 16.5. The summed E-state index contributed by atoms with van der Waals surface area (Å²) >= 11 is 0. The molecule has 2 atom stereocenters. The van der Waals surface area contributed by atoms with E-state index in [1.807, 2.05) is 0 Å². The second-order valence-electron chi connectivity index (χ2n) is 6.07. The molecule has 2 nitrogen and oxygen atoms in total. The molecule has 1 fully saturated rings. The van der Waals surface area contributed by atoms with Gasteiger partial charge in [-0.2, -0.15) is 0 Å². The van der Waals surface area contributed by atoms with Gasteiger partial charge in [0.25, 0.3) is 0 Å². The van der Waals surface area contributed by atoms with E-state index in [9.17, 15) is 0 Å². The van der Waals surface area contributed by atoms with Crippen molar-refractivity contribution in [3.63, 3.8) is 0 Å². The highest BCUT2D eigenvalue weighted by molar-refractivity contribution is 5.41. The van der Waals surface area contributed by atoms with E-state index in [0.29, 0.717) is 0 Å². The van der Waals surface area contributed by atoms with Crippen LogP contribution in [0.1, 0.15) is 32.6 Å². The lowest BCUT2D eigenvalue weighted by molar-refractivity contribution is 0.0567. The van der Waals surface area contributed by atoms with E-state index in [1.165, 1.54) is 17.0 Å². The minimum Gasteiger partial charge on any atom is -0.482 e. The van der Waals surface area contributed by atoms with Crippen LogP contribution in [0.4, 0.5) is 0 Å². The highest BCUT2D eigenvalue weighted by Crippen LogP contribution is 2.40. The van der Waals surface area contributed by atoms with Crippen LogP contribution in [0, 0.1) is 0 Å². The van der Waals surface area contributed by atoms with E-state index in [0.717, 1.165) is 31.4 Å². The normalized spacial score (nSPS) is 30.4. The number of allylic oxidation sites excluding steroid dienone is 8. The molecule has 0 aromatic carbocycles. The average molecular weight is 279 g/mol. The predicted molar refractivity (Wildman–Crippen MR) is 85.3 cm³/mol. The van der Waals surface area contributed by atoms with Crippen LogP contribution in [-0.2, 0) is 4.74 Å². The third kappa shape index (κ3) is 2.19.